The van der Waals surface area contributed by atoms with E-state index in [-0.39, 0.29) is 17.2 Å². The van der Waals surface area contributed by atoms with E-state index in [0.717, 1.165) is 48.6 Å². The van der Waals surface area contributed by atoms with Crippen LogP contribution in [-0.2, 0) is 6.42 Å². The number of hydrogen-bond acceptors (Lipinski definition) is 3. The third-order valence-corrected chi connectivity index (χ3v) is 5.52. The minimum Gasteiger partial charge on any atom is -0.508 e. The topological polar surface area (TPSA) is 62.2 Å². The second-order valence-electron chi connectivity index (χ2n) is 7.56. The van der Waals surface area contributed by atoms with Crippen molar-refractivity contribution in [3.8, 4) is 5.75 Å². The van der Waals surface area contributed by atoms with E-state index in [1.54, 1.807) is 18.3 Å². The van der Waals surface area contributed by atoms with Crippen LogP contribution in [0.3, 0.4) is 0 Å². The van der Waals surface area contributed by atoms with Crippen molar-refractivity contribution in [2.45, 2.75) is 44.1 Å². The van der Waals surface area contributed by atoms with Gasteiger partial charge in [-0.2, -0.15) is 0 Å². The van der Waals surface area contributed by atoms with Crippen LogP contribution in [0.1, 0.15) is 48.0 Å². The number of phenols is 1. The lowest BCUT2D eigenvalue weighted by Crippen LogP contribution is -2.51. The van der Waals surface area contributed by atoms with Gasteiger partial charge < -0.3 is 10.4 Å². The van der Waals surface area contributed by atoms with Crippen LogP contribution < -0.4 is 5.32 Å². The number of carbonyl (C=O) groups excluding carboxylic acids is 1. The fraction of sp³-hybridized carbons (Fsp3) is 0.304. The fourth-order valence-corrected chi connectivity index (χ4v) is 4.09. The minimum atomic E-state index is -0.238. The van der Waals surface area contributed by atoms with Crippen LogP contribution in [0, 0.1) is 0 Å². The van der Waals surface area contributed by atoms with Crippen LogP contribution in [0.2, 0.25) is 0 Å². The molecule has 3 aromatic rings. The second-order valence-corrected chi connectivity index (χ2v) is 7.56. The lowest BCUT2D eigenvalue weighted by atomic mass is 9.77. The van der Waals surface area contributed by atoms with Crippen LogP contribution >= 0.6 is 0 Å². The lowest BCUT2D eigenvalue weighted by Gasteiger charge is -2.38. The van der Waals surface area contributed by atoms with E-state index in [9.17, 15) is 9.90 Å². The van der Waals surface area contributed by atoms with E-state index in [0.29, 0.717) is 5.56 Å². The summed E-state index contributed by atoms with van der Waals surface area (Å²) < 4.78 is 0. The van der Waals surface area contributed by atoms with Gasteiger partial charge in [0, 0.05) is 17.1 Å². The molecule has 4 nitrogen and oxygen atoms in total. The molecule has 1 saturated carbocycles. The van der Waals surface area contributed by atoms with Gasteiger partial charge in [0.15, 0.2) is 0 Å². The standard InChI is InChI=1S/C23H24N2O2/c26-20-10-8-17(9-11-20)15-23(12-4-1-5-13-23)25-22(27)19-14-18-6-2-3-7-21(18)24-16-19/h2-3,6-11,14,16,26H,1,4-5,12-13,15H2,(H,25,27). The average Bonchev–Trinajstić information content (AvgIpc) is 2.70. The van der Waals surface area contributed by atoms with Crippen LogP contribution in [0.4, 0.5) is 0 Å². The first kappa shape index (κ1) is 17.5. The number of aromatic nitrogens is 1. The summed E-state index contributed by atoms with van der Waals surface area (Å²) in [6.45, 7) is 0. The Balaban J connectivity index is 1.58. The molecule has 0 unspecified atom stereocenters. The molecule has 4 heteroatoms. The van der Waals surface area contributed by atoms with Crippen molar-refractivity contribution in [3.05, 3.63) is 71.9 Å². The zero-order chi connectivity index (χ0) is 18.7. The van der Waals surface area contributed by atoms with Crippen molar-refractivity contribution >= 4 is 16.8 Å². The molecule has 1 amide bonds. The van der Waals surface area contributed by atoms with Crippen molar-refractivity contribution < 1.29 is 9.90 Å². The Morgan fingerprint density at radius 2 is 1.78 bits per heavy atom. The van der Waals surface area contributed by atoms with Crippen LogP contribution in [0.25, 0.3) is 10.9 Å². The molecule has 4 rings (SSSR count). The number of amides is 1. The number of para-hydroxylation sites is 1. The van der Waals surface area contributed by atoms with E-state index in [1.807, 2.05) is 42.5 Å². The Morgan fingerprint density at radius 3 is 2.56 bits per heavy atom. The number of carbonyl (C=O) groups is 1. The first-order valence-electron chi connectivity index (χ1n) is 9.59. The Kier molecular flexibility index (Phi) is 4.80. The van der Waals surface area contributed by atoms with Crippen LogP contribution in [0.15, 0.2) is 60.8 Å². The van der Waals surface area contributed by atoms with Crippen LogP contribution in [-0.4, -0.2) is 21.5 Å². The maximum Gasteiger partial charge on any atom is 0.253 e. The van der Waals surface area contributed by atoms with Gasteiger partial charge in [0.05, 0.1) is 11.1 Å². The van der Waals surface area contributed by atoms with Gasteiger partial charge in [0.2, 0.25) is 0 Å². The number of phenolic OH excluding ortho intramolecular Hbond substituents is 1. The van der Waals surface area contributed by atoms with Gasteiger partial charge in [-0.25, -0.2) is 0 Å². The summed E-state index contributed by atoms with van der Waals surface area (Å²) in [5, 5.41) is 13.8. The zero-order valence-corrected chi connectivity index (χ0v) is 15.3. The number of nitrogens with zero attached hydrogens (tertiary/aromatic N) is 1. The summed E-state index contributed by atoms with van der Waals surface area (Å²) in [6.07, 6.45) is 7.84. The molecule has 2 N–H and O–H groups in total. The van der Waals surface area contributed by atoms with E-state index >= 15 is 0 Å². The highest BCUT2D eigenvalue weighted by molar-refractivity contribution is 5.97. The van der Waals surface area contributed by atoms with Crippen molar-refractivity contribution in [2.24, 2.45) is 0 Å². The smallest absolute Gasteiger partial charge is 0.253 e. The zero-order valence-electron chi connectivity index (χ0n) is 15.3. The molecule has 0 bridgehead atoms. The Labute approximate surface area is 159 Å². The van der Waals surface area contributed by atoms with Crippen LogP contribution in [0.5, 0.6) is 5.75 Å². The fourth-order valence-electron chi connectivity index (χ4n) is 4.09. The monoisotopic (exact) mass is 360 g/mol. The van der Waals surface area contributed by atoms with Crippen molar-refractivity contribution in [3.63, 3.8) is 0 Å². The molecule has 0 spiro atoms. The van der Waals surface area contributed by atoms with Gasteiger partial charge >= 0.3 is 0 Å². The summed E-state index contributed by atoms with van der Waals surface area (Å²) in [7, 11) is 0. The van der Waals surface area contributed by atoms with Gasteiger partial charge in [0.1, 0.15) is 5.75 Å². The first-order chi connectivity index (χ1) is 13.1. The maximum atomic E-state index is 13.0. The van der Waals surface area contributed by atoms with Gasteiger partial charge in [-0.15, -0.1) is 0 Å². The normalized spacial score (nSPS) is 16.1. The quantitative estimate of drug-likeness (QED) is 0.714. The molecule has 2 aromatic carbocycles. The van der Waals surface area contributed by atoms with Gasteiger partial charge in [-0.3, -0.25) is 9.78 Å². The highest BCUT2D eigenvalue weighted by Crippen LogP contribution is 2.32. The molecule has 0 atom stereocenters. The molecule has 0 radical (unpaired) electrons. The Hall–Kier alpha value is -2.88. The Bertz CT molecular complexity index is 944. The largest absolute Gasteiger partial charge is 0.508 e. The lowest BCUT2D eigenvalue weighted by molar-refractivity contribution is 0.0868. The molecular formula is C23H24N2O2. The third kappa shape index (κ3) is 3.95. The van der Waals surface area contributed by atoms with E-state index in [1.165, 1.54) is 6.42 Å². The molecule has 138 valence electrons. The van der Waals surface area contributed by atoms with E-state index in [2.05, 4.69) is 10.3 Å². The number of aromatic hydroxyl groups is 1. The molecule has 1 aliphatic carbocycles. The molecule has 1 aromatic heterocycles. The summed E-state index contributed by atoms with van der Waals surface area (Å²) in [4.78, 5) is 17.4. The SMILES string of the molecule is O=C(NC1(Cc2ccc(O)cc2)CCCCC1)c1cnc2ccccc2c1. The number of rotatable bonds is 4. The van der Waals surface area contributed by atoms with Gasteiger partial charge in [-0.05, 0) is 49.1 Å². The molecule has 0 saturated heterocycles. The molecule has 1 aliphatic rings. The molecule has 1 fully saturated rings. The second kappa shape index (κ2) is 7.39. The van der Waals surface area contributed by atoms with Crippen molar-refractivity contribution in [2.75, 3.05) is 0 Å². The molecule has 1 heterocycles. The van der Waals surface area contributed by atoms with Crippen molar-refractivity contribution in [1.29, 1.82) is 0 Å². The third-order valence-electron chi connectivity index (χ3n) is 5.52. The van der Waals surface area contributed by atoms with Gasteiger partial charge in [-0.1, -0.05) is 49.6 Å². The number of benzene rings is 2. The average molecular weight is 360 g/mol. The molecular weight excluding hydrogens is 336 g/mol. The van der Waals surface area contributed by atoms with E-state index < -0.39 is 0 Å². The number of hydrogen-bond donors (Lipinski definition) is 2. The molecule has 0 aliphatic heterocycles. The van der Waals surface area contributed by atoms with E-state index in [4.69, 9.17) is 0 Å². The van der Waals surface area contributed by atoms with Gasteiger partial charge in [0.25, 0.3) is 5.91 Å². The maximum absolute atomic E-state index is 13.0. The molecule has 27 heavy (non-hydrogen) atoms. The highest BCUT2D eigenvalue weighted by Gasteiger charge is 2.34. The summed E-state index contributed by atoms with van der Waals surface area (Å²) in [5.74, 6) is 0.205. The minimum absolute atomic E-state index is 0.0612. The predicted octanol–water partition coefficient (Wildman–Crippen LogP) is 4.62. The number of fused-ring (bicyclic) bond motifs is 1. The summed E-state index contributed by atoms with van der Waals surface area (Å²) >= 11 is 0. The summed E-state index contributed by atoms with van der Waals surface area (Å²) in [5.41, 5.74) is 2.39. The number of nitrogens with one attached hydrogen (secondary N) is 1. The predicted molar refractivity (Wildman–Crippen MR) is 107 cm³/mol. The highest BCUT2D eigenvalue weighted by atomic mass is 16.3. The van der Waals surface area contributed by atoms with Crippen molar-refractivity contribution in [1.82, 2.24) is 10.3 Å². The first-order valence-corrected chi connectivity index (χ1v) is 9.59. The summed E-state index contributed by atoms with van der Waals surface area (Å²) in [6, 6.07) is 17.0. The Morgan fingerprint density at radius 1 is 1.04 bits per heavy atom. The number of pyridine rings is 1.